The SMILES string of the molecule is Cc1cccc(C2(Cc3cccc(N4CC[C@@H](C)C4)c3)CN(C[C@@H](O)C(F)(F)F)c3ccccc32)c1. The Morgan fingerprint density at radius 2 is 1.81 bits per heavy atom. The minimum atomic E-state index is -4.66. The van der Waals surface area contributed by atoms with E-state index < -0.39 is 24.2 Å². The van der Waals surface area contributed by atoms with Crippen molar-refractivity contribution >= 4 is 11.4 Å². The van der Waals surface area contributed by atoms with Gasteiger partial charge in [-0.3, -0.25) is 0 Å². The van der Waals surface area contributed by atoms with Gasteiger partial charge < -0.3 is 14.9 Å². The van der Waals surface area contributed by atoms with Gasteiger partial charge >= 0.3 is 6.18 Å². The molecular weight excluding hydrogens is 461 g/mol. The standard InChI is InChI=1S/C30H33F3N2O/c1-21-7-5-9-24(15-21)29(17-23-8-6-10-25(16-23)34-14-13-22(2)18-34)20-35(19-28(36)30(31,32)33)27-12-4-3-11-26(27)29/h3-12,15-16,22,28,36H,13-14,17-20H2,1-2H3/t22-,28-,29?/m1/s1. The summed E-state index contributed by atoms with van der Waals surface area (Å²) in [5.74, 6) is 0.669. The van der Waals surface area contributed by atoms with Gasteiger partial charge in [0.2, 0.25) is 0 Å². The highest BCUT2D eigenvalue weighted by molar-refractivity contribution is 5.67. The Kier molecular flexibility index (Phi) is 6.50. The van der Waals surface area contributed by atoms with Gasteiger partial charge in [-0.15, -0.1) is 0 Å². The molecule has 1 fully saturated rings. The number of benzene rings is 3. The van der Waals surface area contributed by atoms with E-state index in [1.807, 2.05) is 43.3 Å². The molecule has 0 aromatic heterocycles. The summed E-state index contributed by atoms with van der Waals surface area (Å²) in [5.41, 5.74) is 5.77. The molecule has 1 unspecified atom stereocenters. The van der Waals surface area contributed by atoms with Gasteiger partial charge in [-0.2, -0.15) is 13.2 Å². The molecule has 6 heteroatoms. The summed E-state index contributed by atoms with van der Waals surface area (Å²) in [6.07, 6.45) is -5.23. The van der Waals surface area contributed by atoms with Crippen LogP contribution in [0.15, 0.2) is 72.8 Å². The molecule has 0 radical (unpaired) electrons. The molecule has 0 saturated carbocycles. The fourth-order valence-corrected chi connectivity index (χ4v) is 5.95. The molecule has 0 amide bonds. The molecule has 3 aromatic carbocycles. The Morgan fingerprint density at radius 3 is 2.53 bits per heavy atom. The largest absolute Gasteiger partial charge is 0.416 e. The number of aliphatic hydroxyl groups excluding tert-OH is 1. The lowest BCUT2D eigenvalue weighted by Gasteiger charge is -2.33. The van der Waals surface area contributed by atoms with Gasteiger partial charge in [0.1, 0.15) is 0 Å². The van der Waals surface area contributed by atoms with Crippen molar-refractivity contribution in [1.29, 1.82) is 0 Å². The number of alkyl halides is 3. The summed E-state index contributed by atoms with van der Waals surface area (Å²) in [6, 6.07) is 24.6. The van der Waals surface area contributed by atoms with E-state index in [9.17, 15) is 18.3 Å². The lowest BCUT2D eigenvalue weighted by Crippen LogP contribution is -2.44. The second-order valence-electron chi connectivity index (χ2n) is 10.6. The highest BCUT2D eigenvalue weighted by Gasteiger charge is 2.47. The molecule has 1 N–H and O–H groups in total. The molecule has 3 atom stereocenters. The van der Waals surface area contributed by atoms with Crippen LogP contribution in [0, 0.1) is 12.8 Å². The van der Waals surface area contributed by atoms with Crippen LogP contribution in [-0.4, -0.2) is 43.6 Å². The van der Waals surface area contributed by atoms with Gasteiger partial charge in [0.05, 0.1) is 6.54 Å². The number of aryl methyl sites for hydroxylation is 1. The number of rotatable bonds is 6. The van der Waals surface area contributed by atoms with Crippen LogP contribution in [-0.2, 0) is 11.8 Å². The lowest BCUT2D eigenvalue weighted by atomic mass is 9.71. The zero-order valence-corrected chi connectivity index (χ0v) is 20.8. The summed E-state index contributed by atoms with van der Waals surface area (Å²) < 4.78 is 40.0. The topological polar surface area (TPSA) is 26.7 Å². The molecule has 190 valence electrons. The summed E-state index contributed by atoms with van der Waals surface area (Å²) in [7, 11) is 0. The molecule has 2 aliphatic heterocycles. The lowest BCUT2D eigenvalue weighted by molar-refractivity contribution is -0.200. The molecule has 3 nitrogen and oxygen atoms in total. The first-order valence-corrected chi connectivity index (χ1v) is 12.7. The number of aliphatic hydroxyl groups is 1. The number of halogens is 3. The second kappa shape index (κ2) is 9.47. The van der Waals surface area contributed by atoms with Gasteiger partial charge in [0.25, 0.3) is 0 Å². The Morgan fingerprint density at radius 1 is 1.03 bits per heavy atom. The maximum absolute atomic E-state index is 13.3. The molecule has 3 aromatic rings. The van der Waals surface area contributed by atoms with E-state index in [0.29, 0.717) is 18.9 Å². The first-order chi connectivity index (χ1) is 17.2. The van der Waals surface area contributed by atoms with Crippen LogP contribution in [0.1, 0.15) is 35.6 Å². The van der Waals surface area contributed by atoms with Crippen molar-refractivity contribution in [2.75, 3.05) is 36.0 Å². The molecule has 2 heterocycles. The van der Waals surface area contributed by atoms with E-state index in [2.05, 4.69) is 48.2 Å². The molecule has 0 bridgehead atoms. The van der Waals surface area contributed by atoms with Crippen molar-refractivity contribution in [3.05, 3.63) is 95.1 Å². The molecular formula is C30H33F3N2O. The van der Waals surface area contributed by atoms with Gasteiger partial charge in [0.15, 0.2) is 6.10 Å². The molecule has 2 aliphatic rings. The monoisotopic (exact) mass is 494 g/mol. The fourth-order valence-electron chi connectivity index (χ4n) is 5.95. The fraction of sp³-hybridized carbons (Fsp3) is 0.400. The van der Waals surface area contributed by atoms with Crippen LogP contribution in [0.3, 0.4) is 0 Å². The normalized spacial score (nSPS) is 22.7. The van der Waals surface area contributed by atoms with Crippen molar-refractivity contribution in [3.8, 4) is 0 Å². The summed E-state index contributed by atoms with van der Waals surface area (Å²) in [6.45, 7) is 6.28. The first-order valence-electron chi connectivity index (χ1n) is 12.7. The summed E-state index contributed by atoms with van der Waals surface area (Å²) in [5, 5.41) is 9.95. The average molecular weight is 495 g/mol. The third-order valence-electron chi connectivity index (χ3n) is 7.77. The number of hydrogen-bond donors (Lipinski definition) is 1. The number of hydrogen-bond acceptors (Lipinski definition) is 3. The van der Waals surface area contributed by atoms with E-state index >= 15 is 0 Å². The second-order valence-corrected chi connectivity index (χ2v) is 10.6. The van der Waals surface area contributed by atoms with Crippen LogP contribution < -0.4 is 9.80 Å². The van der Waals surface area contributed by atoms with E-state index in [4.69, 9.17) is 0 Å². The van der Waals surface area contributed by atoms with E-state index in [1.54, 1.807) is 4.90 Å². The zero-order valence-electron chi connectivity index (χ0n) is 20.8. The molecule has 0 spiro atoms. The smallest absolute Gasteiger partial charge is 0.382 e. The van der Waals surface area contributed by atoms with Gasteiger partial charge in [-0.1, -0.05) is 67.1 Å². The van der Waals surface area contributed by atoms with Gasteiger partial charge in [-0.25, -0.2) is 0 Å². The third-order valence-corrected chi connectivity index (χ3v) is 7.77. The predicted octanol–water partition coefficient (Wildman–Crippen LogP) is 6.11. The molecule has 1 saturated heterocycles. The van der Waals surface area contributed by atoms with Crippen LogP contribution in [0.4, 0.5) is 24.5 Å². The highest BCUT2D eigenvalue weighted by Crippen LogP contribution is 2.48. The van der Waals surface area contributed by atoms with Crippen LogP contribution in [0.2, 0.25) is 0 Å². The number of para-hydroxylation sites is 1. The number of β-amino-alcohol motifs (C(OH)–C–C–N with tert-alkyl or cyclic N) is 1. The molecule has 0 aliphatic carbocycles. The minimum Gasteiger partial charge on any atom is -0.382 e. The van der Waals surface area contributed by atoms with Crippen molar-refractivity contribution in [2.45, 2.75) is 44.4 Å². The minimum absolute atomic E-state index is 0.369. The summed E-state index contributed by atoms with van der Waals surface area (Å²) in [4.78, 5) is 4.13. The highest BCUT2D eigenvalue weighted by atomic mass is 19.4. The van der Waals surface area contributed by atoms with Crippen LogP contribution in [0.25, 0.3) is 0 Å². The van der Waals surface area contributed by atoms with Crippen molar-refractivity contribution < 1.29 is 18.3 Å². The molecule has 5 rings (SSSR count). The summed E-state index contributed by atoms with van der Waals surface area (Å²) >= 11 is 0. The van der Waals surface area contributed by atoms with Gasteiger partial charge in [-0.05, 0) is 60.6 Å². The van der Waals surface area contributed by atoms with Crippen LogP contribution in [0.5, 0.6) is 0 Å². The quantitative estimate of drug-likeness (QED) is 0.448. The van der Waals surface area contributed by atoms with E-state index in [1.165, 1.54) is 12.1 Å². The van der Waals surface area contributed by atoms with Crippen LogP contribution >= 0.6 is 0 Å². The van der Waals surface area contributed by atoms with E-state index in [0.717, 1.165) is 41.0 Å². The maximum Gasteiger partial charge on any atom is 0.416 e. The molecule has 36 heavy (non-hydrogen) atoms. The third kappa shape index (κ3) is 4.71. The number of anilines is 2. The zero-order chi connectivity index (χ0) is 25.5. The Balaban J connectivity index is 1.57. The predicted molar refractivity (Wildman–Crippen MR) is 139 cm³/mol. The van der Waals surface area contributed by atoms with Gasteiger partial charge in [0, 0.05) is 36.4 Å². The average Bonchev–Trinajstić information content (AvgIpc) is 3.41. The van der Waals surface area contributed by atoms with Crippen molar-refractivity contribution in [2.24, 2.45) is 5.92 Å². The maximum atomic E-state index is 13.3. The Bertz CT molecular complexity index is 1230. The van der Waals surface area contributed by atoms with Crippen molar-refractivity contribution in [3.63, 3.8) is 0 Å². The first kappa shape index (κ1) is 24.7. The Labute approximate surface area is 211 Å². The van der Waals surface area contributed by atoms with Crippen molar-refractivity contribution in [1.82, 2.24) is 0 Å². The Hall–Kier alpha value is -2.99. The number of fused-ring (bicyclic) bond motifs is 1. The number of nitrogens with zero attached hydrogens (tertiary/aromatic N) is 2. The van der Waals surface area contributed by atoms with E-state index in [-0.39, 0.29) is 0 Å².